The molecule has 1 aliphatic carbocycles. The van der Waals surface area contributed by atoms with E-state index in [9.17, 15) is 4.79 Å². The van der Waals surface area contributed by atoms with E-state index < -0.39 is 0 Å². The van der Waals surface area contributed by atoms with Gasteiger partial charge in [0.2, 0.25) is 0 Å². The maximum absolute atomic E-state index is 12.0. The van der Waals surface area contributed by atoms with Crippen LogP contribution >= 0.6 is 11.3 Å². The highest BCUT2D eigenvalue weighted by Crippen LogP contribution is 2.27. The number of nitrogens with zero attached hydrogens (tertiary/aromatic N) is 1. The quantitative estimate of drug-likeness (QED) is 0.766. The van der Waals surface area contributed by atoms with Crippen LogP contribution in [0, 0.1) is 5.92 Å². The Kier molecular flexibility index (Phi) is 3.51. The minimum absolute atomic E-state index is 0.0970. The average Bonchev–Trinajstić information content (AvgIpc) is 2.86. The molecule has 1 amide bonds. The molecule has 1 heterocycles. The van der Waals surface area contributed by atoms with Gasteiger partial charge in [0, 0.05) is 13.1 Å². The summed E-state index contributed by atoms with van der Waals surface area (Å²) in [4.78, 5) is 16.6. The summed E-state index contributed by atoms with van der Waals surface area (Å²) in [6.07, 6.45) is 3.43. The molecule has 0 aliphatic heterocycles. The van der Waals surface area contributed by atoms with E-state index in [0.717, 1.165) is 6.42 Å². The van der Waals surface area contributed by atoms with Crippen LogP contribution in [0.15, 0.2) is 0 Å². The van der Waals surface area contributed by atoms with Gasteiger partial charge in [0.1, 0.15) is 10.7 Å². The van der Waals surface area contributed by atoms with Gasteiger partial charge in [0.25, 0.3) is 5.91 Å². The second-order valence-corrected chi connectivity index (χ2v) is 5.47. The van der Waals surface area contributed by atoms with E-state index in [1.54, 1.807) is 7.05 Å². The molecule has 5 nitrogen and oxygen atoms in total. The summed E-state index contributed by atoms with van der Waals surface area (Å²) < 4.78 is 0. The summed E-state index contributed by atoms with van der Waals surface area (Å²) in [5, 5.41) is 6.61. The smallest absolute Gasteiger partial charge is 0.265 e. The summed E-state index contributed by atoms with van der Waals surface area (Å²) >= 11 is 1.29. The lowest BCUT2D eigenvalue weighted by Crippen LogP contribution is -2.36. The Morgan fingerprint density at radius 1 is 1.53 bits per heavy atom. The number of nitrogens with two attached hydrogens (primary N) is 1. The second kappa shape index (κ2) is 4.91. The van der Waals surface area contributed by atoms with Crippen molar-refractivity contribution in [2.45, 2.75) is 32.2 Å². The molecule has 0 spiro atoms. The van der Waals surface area contributed by atoms with Gasteiger partial charge in [-0.25, -0.2) is 4.98 Å². The zero-order valence-electron chi connectivity index (χ0n) is 10.1. The minimum Gasteiger partial charge on any atom is -0.382 e. The SMILES string of the molecule is CNc1nc(N)c(C(=O)NC2CCCC2C)s1. The Morgan fingerprint density at radius 2 is 2.29 bits per heavy atom. The van der Waals surface area contributed by atoms with Gasteiger partial charge in [-0.3, -0.25) is 4.79 Å². The van der Waals surface area contributed by atoms with Gasteiger partial charge in [-0.1, -0.05) is 24.7 Å². The maximum Gasteiger partial charge on any atom is 0.265 e. The molecule has 2 rings (SSSR count). The number of nitrogens with one attached hydrogen (secondary N) is 2. The second-order valence-electron chi connectivity index (χ2n) is 4.47. The number of thiazole rings is 1. The summed E-state index contributed by atoms with van der Waals surface area (Å²) in [5.74, 6) is 0.764. The third kappa shape index (κ3) is 2.52. The number of hydrogen-bond donors (Lipinski definition) is 3. The summed E-state index contributed by atoms with van der Waals surface area (Å²) in [6, 6.07) is 0.280. The Morgan fingerprint density at radius 3 is 2.82 bits per heavy atom. The number of anilines is 2. The molecule has 4 N–H and O–H groups in total. The van der Waals surface area contributed by atoms with Gasteiger partial charge in [-0.2, -0.15) is 0 Å². The van der Waals surface area contributed by atoms with Crippen LogP contribution in [0.25, 0.3) is 0 Å². The van der Waals surface area contributed by atoms with E-state index in [0.29, 0.717) is 21.7 Å². The Balaban J connectivity index is 2.06. The molecule has 2 unspecified atom stereocenters. The van der Waals surface area contributed by atoms with E-state index in [-0.39, 0.29) is 11.9 Å². The molecule has 2 atom stereocenters. The van der Waals surface area contributed by atoms with E-state index >= 15 is 0 Å². The number of rotatable bonds is 3. The first kappa shape index (κ1) is 12.2. The van der Waals surface area contributed by atoms with Crippen LogP contribution in [0.2, 0.25) is 0 Å². The first-order valence-electron chi connectivity index (χ1n) is 5.86. The fourth-order valence-electron chi connectivity index (χ4n) is 2.20. The van der Waals surface area contributed by atoms with Crippen molar-refractivity contribution >= 4 is 28.2 Å². The minimum atomic E-state index is -0.0970. The molecule has 1 aromatic heterocycles. The van der Waals surface area contributed by atoms with Crippen LogP contribution in [-0.4, -0.2) is 24.0 Å². The van der Waals surface area contributed by atoms with Crippen molar-refractivity contribution in [1.29, 1.82) is 0 Å². The van der Waals surface area contributed by atoms with Crippen LogP contribution in [-0.2, 0) is 0 Å². The van der Waals surface area contributed by atoms with Gasteiger partial charge >= 0.3 is 0 Å². The number of amides is 1. The first-order chi connectivity index (χ1) is 8.11. The third-order valence-corrected chi connectivity index (χ3v) is 4.34. The normalized spacial score (nSPS) is 23.6. The van der Waals surface area contributed by atoms with Crippen molar-refractivity contribution in [2.24, 2.45) is 5.92 Å². The molecule has 1 aromatic rings. The number of hydrogen-bond acceptors (Lipinski definition) is 5. The van der Waals surface area contributed by atoms with Crippen LogP contribution in [0.3, 0.4) is 0 Å². The monoisotopic (exact) mass is 254 g/mol. The number of aromatic nitrogens is 1. The van der Waals surface area contributed by atoms with Crippen LogP contribution in [0.1, 0.15) is 35.9 Å². The van der Waals surface area contributed by atoms with Crippen molar-refractivity contribution in [3.63, 3.8) is 0 Å². The summed E-state index contributed by atoms with van der Waals surface area (Å²) in [6.45, 7) is 2.17. The fraction of sp³-hybridized carbons (Fsp3) is 0.636. The van der Waals surface area contributed by atoms with Gasteiger partial charge in [0.05, 0.1) is 0 Å². The molecular weight excluding hydrogens is 236 g/mol. The molecule has 1 aliphatic rings. The van der Waals surface area contributed by atoms with Crippen molar-refractivity contribution in [3.05, 3.63) is 4.88 Å². The number of nitrogen functional groups attached to an aromatic ring is 1. The predicted octanol–water partition coefficient (Wildman–Crippen LogP) is 1.69. The van der Waals surface area contributed by atoms with Crippen molar-refractivity contribution in [1.82, 2.24) is 10.3 Å². The van der Waals surface area contributed by atoms with Crippen LogP contribution in [0.4, 0.5) is 10.9 Å². The molecule has 6 heteroatoms. The van der Waals surface area contributed by atoms with E-state index in [2.05, 4.69) is 22.5 Å². The third-order valence-electron chi connectivity index (χ3n) is 3.25. The molecule has 94 valence electrons. The Labute approximate surface area is 105 Å². The highest BCUT2D eigenvalue weighted by Gasteiger charge is 2.26. The molecule has 1 saturated carbocycles. The lowest BCUT2D eigenvalue weighted by molar-refractivity contribution is 0.0934. The molecule has 1 fully saturated rings. The molecule has 0 saturated heterocycles. The zero-order chi connectivity index (χ0) is 12.4. The van der Waals surface area contributed by atoms with Gasteiger partial charge < -0.3 is 16.4 Å². The van der Waals surface area contributed by atoms with Gasteiger partial charge in [-0.15, -0.1) is 0 Å². The number of carbonyl (C=O) groups excluding carboxylic acids is 1. The molecule has 0 bridgehead atoms. The standard InChI is InChI=1S/C11H18N4OS/c1-6-4-3-5-7(6)14-10(16)8-9(12)15-11(13-2)17-8/h6-7H,3-5,12H2,1-2H3,(H,13,15)(H,14,16). The van der Waals surface area contributed by atoms with Crippen LogP contribution < -0.4 is 16.4 Å². The van der Waals surface area contributed by atoms with Crippen molar-refractivity contribution < 1.29 is 4.79 Å². The van der Waals surface area contributed by atoms with E-state index in [4.69, 9.17) is 5.73 Å². The largest absolute Gasteiger partial charge is 0.382 e. The lowest BCUT2D eigenvalue weighted by Gasteiger charge is -2.16. The summed E-state index contributed by atoms with van der Waals surface area (Å²) in [7, 11) is 1.76. The Bertz CT molecular complexity index is 418. The lowest BCUT2D eigenvalue weighted by atomic mass is 10.1. The van der Waals surface area contributed by atoms with Crippen molar-refractivity contribution in [3.8, 4) is 0 Å². The highest BCUT2D eigenvalue weighted by molar-refractivity contribution is 7.18. The highest BCUT2D eigenvalue weighted by atomic mass is 32.1. The zero-order valence-corrected chi connectivity index (χ0v) is 10.9. The molecular formula is C11H18N4OS. The van der Waals surface area contributed by atoms with Gasteiger partial charge in [-0.05, 0) is 18.8 Å². The number of carbonyl (C=O) groups is 1. The molecule has 0 radical (unpaired) electrons. The Hall–Kier alpha value is -1.30. The average molecular weight is 254 g/mol. The molecule has 0 aromatic carbocycles. The van der Waals surface area contributed by atoms with Crippen LogP contribution in [0.5, 0.6) is 0 Å². The fourth-order valence-corrected chi connectivity index (χ4v) is 2.94. The topological polar surface area (TPSA) is 80.0 Å². The molecule has 17 heavy (non-hydrogen) atoms. The van der Waals surface area contributed by atoms with Gasteiger partial charge in [0.15, 0.2) is 5.13 Å². The maximum atomic E-state index is 12.0. The first-order valence-corrected chi connectivity index (χ1v) is 6.68. The summed E-state index contributed by atoms with van der Waals surface area (Å²) in [5.41, 5.74) is 5.73. The van der Waals surface area contributed by atoms with E-state index in [1.807, 2.05) is 0 Å². The predicted molar refractivity (Wildman–Crippen MR) is 70.3 cm³/mol. The van der Waals surface area contributed by atoms with Crippen molar-refractivity contribution in [2.75, 3.05) is 18.1 Å². The van der Waals surface area contributed by atoms with E-state index in [1.165, 1.54) is 24.2 Å².